The van der Waals surface area contributed by atoms with E-state index in [2.05, 4.69) is 0 Å². The molecule has 3 rings (SSSR count). The normalized spacial score (nSPS) is 18.5. The van der Waals surface area contributed by atoms with Crippen molar-refractivity contribution < 1.29 is 32.7 Å². The molecule has 1 amide bonds. The fraction of sp³-hybridized carbons (Fsp3) is 0.480. The molecular formula is C25H33N3O8S. The maximum absolute atomic E-state index is 13.6. The van der Waals surface area contributed by atoms with E-state index in [1.807, 2.05) is 44.2 Å². The Hall–Kier alpha value is -3.06. The van der Waals surface area contributed by atoms with Gasteiger partial charge in [0.25, 0.3) is 5.69 Å². The minimum absolute atomic E-state index is 0.0511. The maximum Gasteiger partial charge on any atom is 0.405 e. The number of rotatable bonds is 12. The standard InChI is InChI=1S/C25H33N3O8S/c1-18(2)15-27(37(33,34)22-10-8-21(9-11-22)28(31)32)16-23(29)25(36-24(26)30,20-12-13-35-17-20)14-19-6-4-3-5-7-19/h3-11,18,20,23,29H,12-17H2,1-2H3,(H2,26,30)/t20-,23+,25-/m0/s1. The van der Waals surface area contributed by atoms with Crippen molar-refractivity contribution in [1.82, 2.24) is 4.31 Å². The van der Waals surface area contributed by atoms with Crippen molar-refractivity contribution in [2.75, 3.05) is 26.3 Å². The largest absolute Gasteiger partial charge is 0.440 e. The third kappa shape index (κ3) is 6.83. The first-order chi connectivity index (χ1) is 17.5. The van der Waals surface area contributed by atoms with Crippen LogP contribution in [0, 0.1) is 22.0 Å². The summed E-state index contributed by atoms with van der Waals surface area (Å²) in [6.07, 6.45) is -1.97. The number of nitrogens with two attached hydrogens (primary N) is 1. The molecule has 0 radical (unpaired) electrons. The Morgan fingerprint density at radius 2 is 1.86 bits per heavy atom. The van der Waals surface area contributed by atoms with Crippen molar-refractivity contribution in [3.05, 3.63) is 70.3 Å². The molecule has 11 nitrogen and oxygen atoms in total. The topological polar surface area (TPSA) is 162 Å². The Kier molecular flexibility index (Phi) is 9.24. The molecule has 1 aliphatic heterocycles. The lowest BCUT2D eigenvalue weighted by Crippen LogP contribution is -2.59. The molecule has 1 aliphatic rings. The van der Waals surface area contributed by atoms with Gasteiger partial charge < -0.3 is 20.3 Å². The van der Waals surface area contributed by atoms with Crippen LogP contribution in [0.1, 0.15) is 25.8 Å². The summed E-state index contributed by atoms with van der Waals surface area (Å²) in [6, 6.07) is 13.6. The second-order valence-electron chi connectivity index (χ2n) is 9.58. The second kappa shape index (κ2) is 12.0. The van der Waals surface area contributed by atoms with Gasteiger partial charge in [-0.25, -0.2) is 13.2 Å². The van der Waals surface area contributed by atoms with Gasteiger partial charge in [-0.3, -0.25) is 10.1 Å². The van der Waals surface area contributed by atoms with Crippen LogP contribution in [0.2, 0.25) is 0 Å². The quantitative estimate of drug-likeness (QED) is 0.310. The third-order valence-corrected chi connectivity index (χ3v) is 8.28. The predicted octanol–water partition coefficient (Wildman–Crippen LogP) is 2.72. The molecule has 3 atom stereocenters. The first-order valence-electron chi connectivity index (χ1n) is 12.0. The minimum Gasteiger partial charge on any atom is -0.440 e. The summed E-state index contributed by atoms with van der Waals surface area (Å²) in [5, 5.41) is 22.7. The van der Waals surface area contributed by atoms with Gasteiger partial charge in [-0.1, -0.05) is 44.2 Å². The fourth-order valence-corrected chi connectivity index (χ4v) is 6.27. The van der Waals surface area contributed by atoms with Crippen molar-refractivity contribution in [2.24, 2.45) is 17.6 Å². The third-order valence-electron chi connectivity index (χ3n) is 6.43. The van der Waals surface area contributed by atoms with Crippen LogP contribution in [-0.2, 0) is 25.9 Å². The van der Waals surface area contributed by atoms with E-state index >= 15 is 0 Å². The number of benzene rings is 2. The first kappa shape index (κ1) is 28.5. The Balaban J connectivity index is 2.02. The van der Waals surface area contributed by atoms with Gasteiger partial charge in [0.1, 0.15) is 6.10 Å². The molecule has 37 heavy (non-hydrogen) atoms. The predicted molar refractivity (Wildman–Crippen MR) is 135 cm³/mol. The highest BCUT2D eigenvalue weighted by atomic mass is 32.2. The number of nitro groups is 1. The van der Waals surface area contributed by atoms with Crippen LogP contribution < -0.4 is 5.73 Å². The van der Waals surface area contributed by atoms with E-state index < -0.39 is 45.2 Å². The number of sulfonamides is 1. The molecule has 0 spiro atoms. The van der Waals surface area contributed by atoms with Crippen molar-refractivity contribution >= 4 is 21.8 Å². The number of hydrogen-bond acceptors (Lipinski definition) is 8. The zero-order valence-corrected chi connectivity index (χ0v) is 21.7. The number of carbonyl (C=O) groups excluding carboxylic acids is 1. The van der Waals surface area contributed by atoms with Gasteiger partial charge in [0.15, 0.2) is 5.60 Å². The van der Waals surface area contributed by atoms with Crippen molar-refractivity contribution in [1.29, 1.82) is 0 Å². The monoisotopic (exact) mass is 535 g/mol. The fourth-order valence-electron chi connectivity index (χ4n) is 4.66. The van der Waals surface area contributed by atoms with Gasteiger partial charge in [-0.2, -0.15) is 4.31 Å². The average molecular weight is 536 g/mol. The van der Waals surface area contributed by atoms with E-state index in [0.717, 1.165) is 34.1 Å². The van der Waals surface area contributed by atoms with Crippen LogP contribution in [-0.4, -0.2) is 66.9 Å². The molecule has 0 aliphatic carbocycles. The molecule has 1 saturated heterocycles. The lowest BCUT2D eigenvalue weighted by Gasteiger charge is -2.42. The van der Waals surface area contributed by atoms with Crippen molar-refractivity contribution in [2.45, 2.75) is 43.3 Å². The van der Waals surface area contributed by atoms with E-state index in [1.54, 1.807) is 0 Å². The highest BCUT2D eigenvalue weighted by molar-refractivity contribution is 7.89. The summed E-state index contributed by atoms with van der Waals surface area (Å²) in [6.45, 7) is 3.91. The highest BCUT2D eigenvalue weighted by Gasteiger charge is 2.51. The summed E-state index contributed by atoms with van der Waals surface area (Å²) >= 11 is 0. The van der Waals surface area contributed by atoms with E-state index in [4.69, 9.17) is 15.2 Å². The maximum atomic E-state index is 13.6. The summed E-state index contributed by atoms with van der Waals surface area (Å²) in [5.74, 6) is -0.548. The van der Waals surface area contributed by atoms with Crippen LogP contribution >= 0.6 is 0 Å². The molecule has 0 unspecified atom stereocenters. The molecular weight excluding hydrogens is 502 g/mol. The number of primary amides is 1. The van der Waals surface area contributed by atoms with E-state index in [-0.39, 0.29) is 36.1 Å². The molecule has 12 heteroatoms. The molecule has 2 aromatic carbocycles. The number of non-ortho nitro benzene ring substituents is 1. The number of nitro benzene ring substituents is 1. The van der Waals surface area contributed by atoms with Crippen molar-refractivity contribution in [3.8, 4) is 0 Å². The van der Waals surface area contributed by atoms with Crippen LogP contribution in [0.3, 0.4) is 0 Å². The van der Waals surface area contributed by atoms with Crippen LogP contribution in [0.15, 0.2) is 59.5 Å². The molecule has 0 saturated carbocycles. The number of carbonyl (C=O) groups is 1. The van der Waals surface area contributed by atoms with Crippen molar-refractivity contribution in [3.63, 3.8) is 0 Å². The lowest BCUT2D eigenvalue weighted by atomic mass is 9.77. The molecule has 2 aromatic rings. The molecule has 1 heterocycles. The summed E-state index contributed by atoms with van der Waals surface area (Å²) in [5.41, 5.74) is 4.44. The number of aliphatic hydroxyl groups is 1. The van der Waals surface area contributed by atoms with E-state index in [0.29, 0.717) is 13.0 Å². The number of ether oxygens (including phenoxy) is 2. The van der Waals surface area contributed by atoms with Gasteiger partial charge in [0.2, 0.25) is 10.0 Å². The number of amides is 1. The Morgan fingerprint density at radius 1 is 1.22 bits per heavy atom. The smallest absolute Gasteiger partial charge is 0.405 e. The molecule has 3 N–H and O–H groups in total. The number of nitrogens with zero attached hydrogens (tertiary/aromatic N) is 2. The molecule has 1 fully saturated rings. The second-order valence-corrected chi connectivity index (χ2v) is 11.5. The zero-order chi connectivity index (χ0) is 27.2. The lowest BCUT2D eigenvalue weighted by molar-refractivity contribution is -0.384. The molecule has 202 valence electrons. The summed E-state index contributed by atoms with van der Waals surface area (Å²) < 4.78 is 39.5. The Bertz CT molecular complexity index is 1170. The van der Waals surface area contributed by atoms with E-state index in [9.17, 15) is 28.4 Å². The molecule has 0 bridgehead atoms. The zero-order valence-electron chi connectivity index (χ0n) is 20.9. The van der Waals surface area contributed by atoms with Gasteiger partial charge in [-0.05, 0) is 30.0 Å². The summed E-state index contributed by atoms with van der Waals surface area (Å²) in [7, 11) is -4.17. The van der Waals surface area contributed by atoms with Gasteiger partial charge in [-0.15, -0.1) is 0 Å². The number of aliphatic hydroxyl groups excluding tert-OH is 1. The van der Waals surface area contributed by atoms with Crippen LogP contribution in [0.25, 0.3) is 0 Å². The SMILES string of the molecule is CC(C)CN(C[C@@H](O)[C@@](Cc1ccccc1)(OC(N)=O)[C@H]1CCOC1)S(=O)(=O)c1ccc([N+](=O)[O-])cc1. The Labute approximate surface area is 216 Å². The highest BCUT2D eigenvalue weighted by Crippen LogP contribution is 2.37. The van der Waals surface area contributed by atoms with Gasteiger partial charge in [0, 0.05) is 44.2 Å². The summed E-state index contributed by atoms with van der Waals surface area (Å²) in [4.78, 5) is 22.3. The Morgan fingerprint density at radius 3 is 2.38 bits per heavy atom. The molecule has 0 aromatic heterocycles. The van der Waals surface area contributed by atoms with E-state index in [1.165, 1.54) is 0 Å². The first-order valence-corrected chi connectivity index (χ1v) is 13.4. The minimum atomic E-state index is -4.17. The average Bonchev–Trinajstić information content (AvgIpc) is 3.39. The van der Waals surface area contributed by atoms with Gasteiger partial charge >= 0.3 is 6.09 Å². The van der Waals surface area contributed by atoms with Gasteiger partial charge in [0.05, 0.1) is 16.4 Å². The van der Waals surface area contributed by atoms with Crippen LogP contribution in [0.5, 0.6) is 0 Å². The van der Waals surface area contributed by atoms with Crippen LogP contribution in [0.4, 0.5) is 10.5 Å². The number of hydrogen-bond donors (Lipinski definition) is 2.